The van der Waals surface area contributed by atoms with Crippen LogP contribution in [0.5, 0.6) is 0 Å². The molecule has 1 aromatic carbocycles. The van der Waals surface area contributed by atoms with Crippen LogP contribution in [0, 0.1) is 0 Å². The minimum absolute atomic E-state index is 0.196. The molecule has 2 heterocycles. The summed E-state index contributed by atoms with van der Waals surface area (Å²) in [5.74, 6) is 1.64. The van der Waals surface area contributed by atoms with Crippen LogP contribution in [0.4, 0.5) is 5.82 Å². The second-order valence-corrected chi connectivity index (χ2v) is 5.18. The fourth-order valence-electron chi connectivity index (χ4n) is 2.25. The first-order valence-electron chi connectivity index (χ1n) is 7.24. The highest BCUT2D eigenvalue weighted by Crippen LogP contribution is 2.09. The number of benzene rings is 1. The molecule has 0 aliphatic rings. The molecule has 1 atom stereocenters. The van der Waals surface area contributed by atoms with Crippen molar-refractivity contribution in [3.05, 3.63) is 66.6 Å². The Hall–Kier alpha value is -2.76. The van der Waals surface area contributed by atoms with Gasteiger partial charge in [-0.3, -0.25) is 4.68 Å². The van der Waals surface area contributed by atoms with Crippen LogP contribution in [0.3, 0.4) is 0 Å². The van der Waals surface area contributed by atoms with Crippen LogP contribution in [0.15, 0.2) is 55.2 Å². The van der Waals surface area contributed by atoms with Crippen LogP contribution in [0.2, 0.25) is 0 Å². The Morgan fingerprint density at radius 2 is 2.05 bits per heavy atom. The van der Waals surface area contributed by atoms with E-state index in [4.69, 9.17) is 0 Å². The summed E-state index contributed by atoms with van der Waals surface area (Å²) in [5, 5.41) is 7.47. The topological polar surface area (TPSA) is 68.5 Å². The van der Waals surface area contributed by atoms with E-state index < -0.39 is 0 Å². The molecule has 3 rings (SSSR count). The first-order valence-corrected chi connectivity index (χ1v) is 7.24. The van der Waals surface area contributed by atoms with Gasteiger partial charge in [-0.2, -0.15) is 5.10 Å². The first-order chi connectivity index (χ1) is 10.8. The Morgan fingerprint density at radius 1 is 1.18 bits per heavy atom. The molecule has 0 fully saturated rings. The third-order valence-electron chi connectivity index (χ3n) is 3.23. The molecule has 0 aliphatic heterocycles. The predicted molar refractivity (Wildman–Crippen MR) is 84.4 cm³/mol. The van der Waals surface area contributed by atoms with Crippen molar-refractivity contribution in [2.24, 2.45) is 0 Å². The normalized spacial score (nSPS) is 12.0. The van der Waals surface area contributed by atoms with Gasteiger partial charge in [0.05, 0.1) is 6.54 Å². The molecule has 6 nitrogen and oxygen atoms in total. The highest BCUT2D eigenvalue weighted by molar-refractivity contribution is 5.34. The van der Waals surface area contributed by atoms with Crippen molar-refractivity contribution in [1.82, 2.24) is 24.7 Å². The summed E-state index contributed by atoms with van der Waals surface area (Å²) in [6.07, 6.45) is 5.76. The monoisotopic (exact) mass is 294 g/mol. The van der Waals surface area contributed by atoms with E-state index in [0.29, 0.717) is 0 Å². The number of nitrogens with zero attached hydrogens (tertiary/aromatic N) is 5. The number of rotatable bonds is 6. The van der Waals surface area contributed by atoms with Crippen LogP contribution >= 0.6 is 0 Å². The number of hydrogen-bond donors (Lipinski definition) is 1. The molecule has 3 aromatic rings. The van der Waals surface area contributed by atoms with Gasteiger partial charge < -0.3 is 5.32 Å². The molecule has 1 N–H and O–H groups in total. The predicted octanol–water partition coefficient (Wildman–Crippen LogP) is 2.16. The largest absolute Gasteiger partial charge is 0.366 e. The minimum atomic E-state index is 0.196. The van der Waals surface area contributed by atoms with E-state index in [9.17, 15) is 0 Å². The summed E-state index contributed by atoms with van der Waals surface area (Å²) in [7, 11) is 0. The Kier molecular flexibility index (Phi) is 4.38. The summed E-state index contributed by atoms with van der Waals surface area (Å²) >= 11 is 0. The second kappa shape index (κ2) is 6.80. The maximum atomic E-state index is 4.57. The molecule has 2 aromatic heterocycles. The van der Waals surface area contributed by atoms with Gasteiger partial charge in [-0.25, -0.2) is 15.0 Å². The smallest absolute Gasteiger partial charge is 0.137 e. The quantitative estimate of drug-likeness (QED) is 0.754. The lowest BCUT2D eigenvalue weighted by Gasteiger charge is -2.14. The van der Waals surface area contributed by atoms with Gasteiger partial charge in [-0.05, 0) is 18.6 Å². The SMILES string of the molecule is C[C@@H](Cn1cncn1)Nc1ccnc(Cc2ccccc2)n1. The molecule has 0 aliphatic carbocycles. The lowest BCUT2D eigenvalue weighted by Crippen LogP contribution is -2.23. The standard InChI is InChI=1S/C16H18N6/c1-13(10-22-12-17-11-19-22)20-15-7-8-18-16(21-15)9-14-5-3-2-4-6-14/h2-8,11-13H,9-10H2,1H3,(H,18,20,21)/t13-/m0/s1. The molecule has 0 saturated carbocycles. The number of anilines is 1. The van der Waals surface area contributed by atoms with Crippen molar-refractivity contribution in [3.63, 3.8) is 0 Å². The average molecular weight is 294 g/mol. The van der Waals surface area contributed by atoms with Crippen molar-refractivity contribution < 1.29 is 0 Å². The maximum Gasteiger partial charge on any atom is 0.137 e. The van der Waals surface area contributed by atoms with Gasteiger partial charge >= 0.3 is 0 Å². The minimum Gasteiger partial charge on any atom is -0.366 e. The van der Waals surface area contributed by atoms with Gasteiger partial charge in [-0.1, -0.05) is 30.3 Å². The molecule has 0 radical (unpaired) electrons. The molecule has 0 saturated heterocycles. The van der Waals surface area contributed by atoms with E-state index in [0.717, 1.165) is 24.6 Å². The second-order valence-electron chi connectivity index (χ2n) is 5.18. The van der Waals surface area contributed by atoms with Gasteiger partial charge in [0.15, 0.2) is 0 Å². The van der Waals surface area contributed by atoms with E-state index in [2.05, 4.69) is 44.4 Å². The van der Waals surface area contributed by atoms with E-state index >= 15 is 0 Å². The summed E-state index contributed by atoms with van der Waals surface area (Å²) in [6.45, 7) is 2.82. The summed E-state index contributed by atoms with van der Waals surface area (Å²) < 4.78 is 1.80. The maximum absolute atomic E-state index is 4.57. The third kappa shape index (κ3) is 3.88. The van der Waals surface area contributed by atoms with Crippen molar-refractivity contribution in [2.75, 3.05) is 5.32 Å². The average Bonchev–Trinajstić information content (AvgIpc) is 3.01. The van der Waals surface area contributed by atoms with Crippen LogP contribution in [0.25, 0.3) is 0 Å². The zero-order valence-corrected chi connectivity index (χ0v) is 12.4. The van der Waals surface area contributed by atoms with Gasteiger partial charge in [0.2, 0.25) is 0 Å². The van der Waals surface area contributed by atoms with E-state index in [1.807, 2.05) is 24.3 Å². The highest BCUT2D eigenvalue weighted by Gasteiger charge is 2.06. The van der Waals surface area contributed by atoms with Gasteiger partial charge in [0.25, 0.3) is 0 Å². The molecular weight excluding hydrogens is 276 g/mol. The lowest BCUT2D eigenvalue weighted by molar-refractivity contribution is 0.558. The van der Waals surface area contributed by atoms with E-state index in [-0.39, 0.29) is 6.04 Å². The van der Waals surface area contributed by atoms with Gasteiger partial charge in [0.1, 0.15) is 24.3 Å². The molecule has 22 heavy (non-hydrogen) atoms. The third-order valence-corrected chi connectivity index (χ3v) is 3.23. The lowest BCUT2D eigenvalue weighted by atomic mass is 10.1. The van der Waals surface area contributed by atoms with Gasteiger partial charge in [-0.15, -0.1) is 0 Å². The molecule has 112 valence electrons. The van der Waals surface area contributed by atoms with Crippen LogP contribution in [-0.2, 0) is 13.0 Å². The zero-order chi connectivity index (χ0) is 15.2. The number of aromatic nitrogens is 5. The summed E-state index contributed by atoms with van der Waals surface area (Å²) in [4.78, 5) is 12.9. The van der Waals surface area contributed by atoms with Gasteiger partial charge in [0, 0.05) is 18.7 Å². The van der Waals surface area contributed by atoms with E-state index in [1.165, 1.54) is 11.9 Å². The molecule has 0 amide bonds. The van der Waals surface area contributed by atoms with Crippen LogP contribution < -0.4 is 5.32 Å². The molecule has 0 bridgehead atoms. The molecular formula is C16H18N6. The van der Waals surface area contributed by atoms with Crippen molar-refractivity contribution >= 4 is 5.82 Å². The fraction of sp³-hybridized carbons (Fsp3) is 0.250. The Labute approximate surface area is 129 Å². The Balaban J connectivity index is 1.63. The Morgan fingerprint density at radius 3 is 2.82 bits per heavy atom. The van der Waals surface area contributed by atoms with Crippen molar-refractivity contribution in [3.8, 4) is 0 Å². The number of hydrogen-bond acceptors (Lipinski definition) is 5. The summed E-state index contributed by atoms with van der Waals surface area (Å²) in [5.41, 5.74) is 1.20. The van der Waals surface area contributed by atoms with Crippen molar-refractivity contribution in [2.45, 2.75) is 25.9 Å². The van der Waals surface area contributed by atoms with Crippen LogP contribution in [0.1, 0.15) is 18.3 Å². The molecule has 0 unspecified atom stereocenters. The fourth-order valence-corrected chi connectivity index (χ4v) is 2.25. The molecule has 6 heteroatoms. The first kappa shape index (κ1) is 14.2. The summed E-state index contributed by atoms with van der Waals surface area (Å²) in [6, 6.07) is 12.3. The van der Waals surface area contributed by atoms with E-state index in [1.54, 1.807) is 17.2 Å². The van der Waals surface area contributed by atoms with Crippen molar-refractivity contribution in [1.29, 1.82) is 0 Å². The Bertz CT molecular complexity index is 696. The highest BCUT2D eigenvalue weighted by atomic mass is 15.3. The van der Waals surface area contributed by atoms with Crippen LogP contribution in [-0.4, -0.2) is 30.8 Å². The zero-order valence-electron chi connectivity index (χ0n) is 12.4. The number of nitrogens with one attached hydrogen (secondary N) is 1. The molecule has 0 spiro atoms.